The van der Waals surface area contributed by atoms with Crippen molar-refractivity contribution in [3.8, 4) is 0 Å². The summed E-state index contributed by atoms with van der Waals surface area (Å²) in [5.74, 6) is -0.357. The Labute approximate surface area is 175 Å². The van der Waals surface area contributed by atoms with E-state index in [-0.39, 0.29) is 21.4 Å². The van der Waals surface area contributed by atoms with E-state index in [9.17, 15) is 13.2 Å². The van der Waals surface area contributed by atoms with Crippen LogP contribution in [0.1, 0.15) is 21.5 Å². The van der Waals surface area contributed by atoms with E-state index in [1.165, 1.54) is 18.2 Å². The third-order valence-corrected chi connectivity index (χ3v) is 6.19. The van der Waals surface area contributed by atoms with Crippen molar-refractivity contribution < 1.29 is 13.2 Å². The van der Waals surface area contributed by atoms with Gasteiger partial charge in [-0.2, -0.15) is 0 Å². The molecule has 3 rings (SSSR count). The molecule has 0 atom stereocenters. The quantitative estimate of drug-likeness (QED) is 0.584. The Morgan fingerprint density at radius 1 is 0.966 bits per heavy atom. The molecule has 0 heterocycles. The van der Waals surface area contributed by atoms with Gasteiger partial charge in [0.1, 0.15) is 4.90 Å². The molecule has 0 spiro atoms. The maximum Gasteiger partial charge on any atom is 0.263 e. The minimum Gasteiger partial charge on any atom is -0.352 e. The van der Waals surface area contributed by atoms with Crippen LogP contribution in [0.4, 0.5) is 5.69 Å². The molecule has 0 radical (unpaired) electrons. The lowest BCUT2D eigenvalue weighted by Crippen LogP contribution is -2.26. The van der Waals surface area contributed by atoms with E-state index in [0.29, 0.717) is 18.7 Å². The number of hydrogen-bond acceptors (Lipinski definition) is 3. The van der Waals surface area contributed by atoms with Gasteiger partial charge in [-0.05, 0) is 49.2 Å². The molecular formula is C22H21ClN2O3S. The standard InChI is InChI=1S/C22H21ClN2O3S/c1-16-7-10-19(11-8-16)25-29(27,28)21-15-18(9-12-20(21)23)22(26)24-14-13-17-5-3-2-4-6-17/h2-12,15,25H,13-14H2,1H3,(H,24,26). The van der Waals surface area contributed by atoms with Gasteiger partial charge in [0.2, 0.25) is 0 Å². The number of sulfonamides is 1. The molecule has 0 saturated heterocycles. The average molecular weight is 429 g/mol. The summed E-state index contributed by atoms with van der Waals surface area (Å²) < 4.78 is 28.0. The Balaban J connectivity index is 1.72. The number of benzene rings is 3. The van der Waals surface area contributed by atoms with E-state index in [4.69, 9.17) is 11.6 Å². The normalized spacial score (nSPS) is 11.1. The van der Waals surface area contributed by atoms with Crippen molar-refractivity contribution in [2.75, 3.05) is 11.3 Å². The smallest absolute Gasteiger partial charge is 0.263 e. The van der Waals surface area contributed by atoms with E-state index < -0.39 is 10.0 Å². The van der Waals surface area contributed by atoms with Crippen LogP contribution in [0.15, 0.2) is 77.7 Å². The molecule has 150 valence electrons. The topological polar surface area (TPSA) is 75.3 Å². The fourth-order valence-corrected chi connectivity index (χ4v) is 4.33. The van der Waals surface area contributed by atoms with Gasteiger partial charge in [-0.25, -0.2) is 8.42 Å². The number of nitrogens with one attached hydrogen (secondary N) is 2. The number of anilines is 1. The molecule has 3 aromatic carbocycles. The monoisotopic (exact) mass is 428 g/mol. The molecule has 3 aromatic rings. The minimum atomic E-state index is -3.94. The number of rotatable bonds is 7. The first-order valence-electron chi connectivity index (χ1n) is 9.06. The number of aryl methyl sites for hydroxylation is 1. The Hall–Kier alpha value is -2.83. The van der Waals surface area contributed by atoms with E-state index >= 15 is 0 Å². The summed E-state index contributed by atoms with van der Waals surface area (Å²) in [5, 5.41) is 2.85. The first-order valence-corrected chi connectivity index (χ1v) is 10.9. The van der Waals surface area contributed by atoms with Gasteiger partial charge >= 0.3 is 0 Å². The van der Waals surface area contributed by atoms with Gasteiger partial charge in [0.05, 0.1) is 5.02 Å². The molecule has 7 heteroatoms. The van der Waals surface area contributed by atoms with Gasteiger partial charge in [0.15, 0.2) is 0 Å². The van der Waals surface area contributed by atoms with Gasteiger partial charge < -0.3 is 5.32 Å². The van der Waals surface area contributed by atoms with Crippen LogP contribution in [-0.2, 0) is 16.4 Å². The van der Waals surface area contributed by atoms with Crippen LogP contribution in [-0.4, -0.2) is 20.9 Å². The van der Waals surface area contributed by atoms with Crippen molar-refractivity contribution in [3.63, 3.8) is 0 Å². The predicted octanol–water partition coefficient (Wildman–Crippen LogP) is 4.42. The Morgan fingerprint density at radius 2 is 1.66 bits per heavy atom. The third kappa shape index (κ3) is 5.59. The van der Waals surface area contributed by atoms with Crippen LogP contribution >= 0.6 is 11.6 Å². The molecule has 0 saturated carbocycles. The number of carbonyl (C=O) groups is 1. The summed E-state index contributed by atoms with van der Waals surface area (Å²) in [7, 11) is -3.94. The second-order valence-corrected chi connectivity index (χ2v) is 8.67. The molecule has 0 bridgehead atoms. The zero-order chi connectivity index (χ0) is 20.9. The lowest BCUT2D eigenvalue weighted by atomic mass is 10.1. The van der Waals surface area contributed by atoms with Crippen LogP contribution in [0.2, 0.25) is 5.02 Å². The van der Waals surface area contributed by atoms with Crippen molar-refractivity contribution in [3.05, 3.63) is 94.5 Å². The second-order valence-electron chi connectivity index (χ2n) is 6.61. The van der Waals surface area contributed by atoms with E-state index in [1.54, 1.807) is 24.3 Å². The van der Waals surface area contributed by atoms with Crippen LogP contribution in [0, 0.1) is 6.92 Å². The first kappa shape index (κ1) is 20.9. The van der Waals surface area contributed by atoms with Gasteiger partial charge in [-0.1, -0.05) is 59.6 Å². The summed E-state index contributed by atoms with van der Waals surface area (Å²) in [4.78, 5) is 12.3. The Kier molecular flexibility index (Phi) is 6.56. The molecule has 0 aliphatic carbocycles. The maximum absolute atomic E-state index is 12.8. The average Bonchev–Trinajstić information content (AvgIpc) is 2.70. The molecule has 0 aliphatic heterocycles. The molecule has 29 heavy (non-hydrogen) atoms. The molecule has 2 N–H and O–H groups in total. The minimum absolute atomic E-state index is 0.0467. The first-order chi connectivity index (χ1) is 13.8. The van der Waals surface area contributed by atoms with Gasteiger partial charge in [-0.3, -0.25) is 9.52 Å². The SMILES string of the molecule is Cc1ccc(NS(=O)(=O)c2cc(C(=O)NCCc3ccccc3)ccc2Cl)cc1. The van der Waals surface area contributed by atoms with E-state index in [2.05, 4.69) is 10.0 Å². The molecule has 0 unspecified atom stereocenters. The summed E-state index contributed by atoms with van der Waals surface area (Å²) in [6.45, 7) is 2.35. The van der Waals surface area contributed by atoms with Crippen molar-refractivity contribution in [1.29, 1.82) is 0 Å². The van der Waals surface area contributed by atoms with Crippen LogP contribution < -0.4 is 10.0 Å². The maximum atomic E-state index is 12.8. The highest BCUT2D eigenvalue weighted by Gasteiger charge is 2.20. The van der Waals surface area contributed by atoms with Crippen LogP contribution in [0.5, 0.6) is 0 Å². The van der Waals surface area contributed by atoms with E-state index in [0.717, 1.165) is 11.1 Å². The summed E-state index contributed by atoms with van der Waals surface area (Å²) in [6.07, 6.45) is 0.681. The number of hydrogen-bond donors (Lipinski definition) is 2. The molecule has 0 aliphatic rings. The number of halogens is 1. The lowest BCUT2D eigenvalue weighted by Gasteiger charge is -2.12. The fourth-order valence-electron chi connectivity index (χ4n) is 2.75. The largest absolute Gasteiger partial charge is 0.352 e. The van der Waals surface area contributed by atoms with Gasteiger partial charge in [0, 0.05) is 17.8 Å². The highest BCUT2D eigenvalue weighted by Crippen LogP contribution is 2.25. The van der Waals surface area contributed by atoms with E-state index in [1.807, 2.05) is 37.3 Å². The highest BCUT2D eigenvalue weighted by atomic mass is 35.5. The number of amides is 1. The highest BCUT2D eigenvalue weighted by molar-refractivity contribution is 7.92. The third-order valence-electron chi connectivity index (χ3n) is 4.33. The van der Waals surface area contributed by atoms with Gasteiger partial charge in [-0.15, -0.1) is 0 Å². The summed E-state index contributed by atoms with van der Waals surface area (Å²) in [5.41, 5.74) is 2.77. The Morgan fingerprint density at radius 3 is 2.34 bits per heavy atom. The lowest BCUT2D eigenvalue weighted by molar-refractivity contribution is 0.0954. The summed E-state index contributed by atoms with van der Waals surface area (Å²) >= 11 is 6.11. The molecule has 0 aromatic heterocycles. The molecular weight excluding hydrogens is 408 g/mol. The zero-order valence-electron chi connectivity index (χ0n) is 15.9. The van der Waals surface area contributed by atoms with Crippen molar-refractivity contribution in [2.24, 2.45) is 0 Å². The zero-order valence-corrected chi connectivity index (χ0v) is 17.4. The Bertz CT molecular complexity index is 1100. The van der Waals surface area contributed by atoms with Crippen LogP contribution in [0.3, 0.4) is 0 Å². The second kappa shape index (κ2) is 9.11. The number of carbonyl (C=O) groups excluding carboxylic acids is 1. The fraction of sp³-hybridized carbons (Fsp3) is 0.136. The van der Waals surface area contributed by atoms with Gasteiger partial charge in [0.25, 0.3) is 15.9 Å². The predicted molar refractivity (Wildman–Crippen MR) is 116 cm³/mol. The summed E-state index contributed by atoms with van der Waals surface area (Å²) in [6, 6.07) is 20.9. The van der Waals surface area contributed by atoms with Crippen LogP contribution in [0.25, 0.3) is 0 Å². The molecule has 0 fully saturated rings. The van der Waals surface area contributed by atoms with Crippen molar-refractivity contribution in [2.45, 2.75) is 18.2 Å². The molecule has 1 amide bonds. The molecule has 5 nitrogen and oxygen atoms in total. The van der Waals surface area contributed by atoms with Crippen molar-refractivity contribution >= 4 is 33.2 Å². The van der Waals surface area contributed by atoms with Crippen molar-refractivity contribution in [1.82, 2.24) is 5.32 Å².